The van der Waals surface area contributed by atoms with Crippen molar-refractivity contribution in [2.24, 2.45) is 5.10 Å². The normalized spacial score (nSPS) is 16.0. The van der Waals surface area contributed by atoms with Crippen LogP contribution in [-0.2, 0) is 0 Å². The molecule has 25 heavy (non-hydrogen) atoms. The summed E-state index contributed by atoms with van der Waals surface area (Å²) in [6.45, 7) is 0. The number of halogens is 1. The Bertz CT molecular complexity index is 986. The van der Waals surface area contributed by atoms with E-state index in [-0.39, 0.29) is 5.56 Å². The van der Waals surface area contributed by atoms with Crippen LogP contribution >= 0.6 is 27.3 Å². The molecule has 128 valence electrons. The second-order valence-electron chi connectivity index (χ2n) is 6.33. The second kappa shape index (κ2) is 7.22. The molecule has 0 radical (unpaired) electrons. The Kier molecular flexibility index (Phi) is 4.81. The zero-order valence-electron chi connectivity index (χ0n) is 13.7. The van der Waals surface area contributed by atoms with Gasteiger partial charge in [0.05, 0.1) is 20.9 Å². The number of fused-ring (bicyclic) bond motifs is 1. The maximum absolute atomic E-state index is 13.0. The van der Waals surface area contributed by atoms with Crippen molar-refractivity contribution in [3.05, 3.63) is 61.2 Å². The van der Waals surface area contributed by atoms with Gasteiger partial charge in [0, 0.05) is 10.8 Å². The molecule has 0 N–H and O–H groups in total. The second-order valence-corrected chi connectivity index (χ2v) is 8.82. The predicted octanol–water partition coefficient (Wildman–Crippen LogP) is 5.15. The summed E-state index contributed by atoms with van der Waals surface area (Å²) in [6, 6.07) is 11.5. The van der Waals surface area contributed by atoms with Crippen molar-refractivity contribution in [3.8, 4) is 0 Å². The molecule has 0 amide bonds. The van der Waals surface area contributed by atoms with Crippen LogP contribution in [0.2, 0.25) is 0 Å². The number of rotatable bonds is 3. The Morgan fingerprint density at radius 3 is 2.72 bits per heavy atom. The molecule has 1 fully saturated rings. The first kappa shape index (κ1) is 16.7. The molecule has 1 aliphatic rings. The fraction of sp³-hybridized carbons (Fsp3) is 0.316. The molecule has 2 heterocycles. The largest absolute Gasteiger partial charge is 0.282 e. The van der Waals surface area contributed by atoms with Gasteiger partial charge in [-0.3, -0.25) is 4.79 Å². The molecule has 6 heteroatoms. The molecule has 0 unspecified atom stereocenters. The van der Waals surface area contributed by atoms with Gasteiger partial charge in [-0.2, -0.15) is 9.78 Å². The minimum Gasteiger partial charge on any atom is -0.267 e. The maximum Gasteiger partial charge on any atom is 0.282 e. The van der Waals surface area contributed by atoms with Crippen molar-refractivity contribution < 1.29 is 0 Å². The van der Waals surface area contributed by atoms with E-state index in [1.165, 1.54) is 23.9 Å². The Labute approximate surface area is 158 Å². The van der Waals surface area contributed by atoms with Crippen molar-refractivity contribution in [1.82, 2.24) is 9.66 Å². The third-order valence-corrected chi connectivity index (χ3v) is 6.20. The third kappa shape index (κ3) is 3.46. The maximum atomic E-state index is 13.0. The van der Waals surface area contributed by atoms with Gasteiger partial charge in [-0.25, -0.2) is 4.98 Å². The minimum atomic E-state index is -0.0851. The predicted molar refractivity (Wildman–Crippen MR) is 107 cm³/mol. The summed E-state index contributed by atoms with van der Waals surface area (Å²) >= 11 is 5.05. The van der Waals surface area contributed by atoms with Crippen LogP contribution in [0.1, 0.15) is 48.7 Å². The van der Waals surface area contributed by atoms with E-state index < -0.39 is 0 Å². The highest BCUT2D eigenvalue weighted by molar-refractivity contribution is 9.11. The number of thiophene rings is 1. The summed E-state index contributed by atoms with van der Waals surface area (Å²) in [5.41, 5.74) is 0.677. The molecule has 4 rings (SSSR count). The van der Waals surface area contributed by atoms with Crippen LogP contribution in [0.5, 0.6) is 0 Å². The number of aromatic nitrogens is 2. The van der Waals surface area contributed by atoms with Crippen molar-refractivity contribution in [1.29, 1.82) is 0 Å². The van der Waals surface area contributed by atoms with Gasteiger partial charge in [-0.15, -0.1) is 11.3 Å². The van der Waals surface area contributed by atoms with Gasteiger partial charge < -0.3 is 0 Å². The van der Waals surface area contributed by atoms with E-state index in [2.05, 4.69) is 21.0 Å². The van der Waals surface area contributed by atoms with E-state index in [1.54, 1.807) is 17.6 Å². The minimum absolute atomic E-state index is 0.0851. The quantitative estimate of drug-likeness (QED) is 0.555. The van der Waals surface area contributed by atoms with E-state index in [4.69, 9.17) is 4.98 Å². The van der Waals surface area contributed by atoms with Crippen molar-refractivity contribution >= 4 is 44.4 Å². The summed E-state index contributed by atoms with van der Waals surface area (Å²) in [5, 5.41) is 5.14. The summed E-state index contributed by atoms with van der Waals surface area (Å²) in [7, 11) is 0. The van der Waals surface area contributed by atoms with Gasteiger partial charge in [-0.05, 0) is 53.0 Å². The monoisotopic (exact) mass is 415 g/mol. The fourth-order valence-corrected chi connectivity index (χ4v) is 4.68. The molecule has 0 saturated heterocycles. The lowest BCUT2D eigenvalue weighted by atomic mass is 9.88. The molecule has 3 aromatic rings. The van der Waals surface area contributed by atoms with Gasteiger partial charge in [-0.1, -0.05) is 31.4 Å². The van der Waals surface area contributed by atoms with Crippen LogP contribution in [0, 0.1) is 0 Å². The molecular formula is C19H18BrN3OS. The standard InChI is InChI=1S/C19H18BrN3OS/c20-17-11-10-14(25-17)12-21-23-18(13-6-2-1-3-7-13)22-16-9-5-4-8-15(16)19(23)24/h4-5,8-13H,1-3,6-7H2. The van der Waals surface area contributed by atoms with Crippen LogP contribution in [-0.4, -0.2) is 15.9 Å². The number of nitrogens with zero attached hydrogens (tertiary/aromatic N) is 3. The summed E-state index contributed by atoms with van der Waals surface area (Å²) in [4.78, 5) is 18.8. The van der Waals surface area contributed by atoms with Crippen LogP contribution in [0.4, 0.5) is 0 Å². The molecule has 0 spiro atoms. The molecule has 1 aromatic carbocycles. The van der Waals surface area contributed by atoms with E-state index in [1.807, 2.05) is 36.4 Å². The first-order chi connectivity index (χ1) is 12.2. The summed E-state index contributed by atoms with van der Waals surface area (Å²) < 4.78 is 2.57. The van der Waals surface area contributed by atoms with E-state index in [0.29, 0.717) is 11.3 Å². The highest BCUT2D eigenvalue weighted by Crippen LogP contribution is 2.31. The van der Waals surface area contributed by atoms with Crippen LogP contribution in [0.15, 0.2) is 50.1 Å². The van der Waals surface area contributed by atoms with Gasteiger partial charge in [0.15, 0.2) is 0 Å². The molecule has 0 aliphatic heterocycles. The molecule has 1 saturated carbocycles. The number of hydrogen-bond acceptors (Lipinski definition) is 4. The van der Waals surface area contributed by atoms with Gasteiger partial charge in [0.2, 0.25) is 0 Å². The fourth-order valence-electron chi connectivity index (χ4n) is 3.39. The first-order valence-corrected chi connectivity index (χ1v) is 10.1. The molecule has 1 aliphatic carbocycles. The van der Waals surface area contributed by atoms with Crippen molar-refractivity contribution in [3.63, 3.8) is 0 Å². The highest BCUT2D eigenvalue weighted by atomic mass is 79.9. The average Bonchev–Trinajstić information content (AvgIpc) is 3.07. The van der Waals surface area contributed by atoms with Crippen molar-refractivity contribution in [2.45, 2.75) is 38.0 Å². The van der Waals surface area contributed by atoms with Gasteiger partial charge in [0.25, 0.3) is 5.56 Å². The molecule has 0 atom stereocenters. The number of para-hydroxylation sites is 1. The molecule has 4 nitrogen and oxygen atoms in total. The Morgan fingerprint density at radius 2 is 1.96 bits per heavy atom. The van der Waals surface area contributed by atoms with Gasteiger partial charge in [0.1, 0.15) is 5.82 Å². The van der Waals surface area contributed by atoms with Crippen LogP contribution in [0.25, 0.3) is 10.9 Å². The van der Waals surface area contributed by atoms with Crippen molar-refractivity contribution in [2.75, 3.05) is 0 Å². The molecule has 2 aromatic heterocycles. The topological polar surface area (TPSA) is 47.2 Å². The molecule has 0 bridgehead atoms. The zero-order chi connectivity index (χ0) is 17.2. The lowest BCUT2D eigenvalue weighted by molar-refractivity contribution is 0.416. The summed E-state index contributed by atoms with van der Waals surface area (Å²) in [5.74, 6) is 1.11. The first-order valence-electron chi connectivity index (χ1n) is 8.54. The Morgan fingerprint density at radius 1 is 1.16 bits per heavy atom. The van der Waals surface area contributed by atoms with E-state index in [9.17, 15) is 4.79 Å². The van der Waals surface area contributed by atoms with Crippen LogP contribution < -0.4 is 5.56 Å². The lowest BCUT2D eigenvalue weighted by Crippen LogP contribution is -2.25. The SMILES string of the molecule is O=c1c2ccccc2nc(C2CCCCC2)n1N=Cc1ccc(Br)s1. The third-order valence-electron chi connectivity index (χ3n) is 4.64. The smallest absolute Gasteiger partial charge is 0.267 e. The van der Waals surface area contributed by atoms with Crippen LogP contribution in [0.3, 0.4) is 0 Å². The number of hydrogen-bond donors (Lipinski definition) is 0. The highest BCUT2D eigenvalue weighted by Gasteiger charge is 2.22. The lowest BCUT2D eigenvalue weighted by Gasteiger charge is -2.22. The summed E-state index contributed by atoms with van der Waals surface area (Å²) in [6.07, 6.45) is 7.54. The average molecular weight is 416 g/mol. The zero-order valence-corrected chi connectivity index (χ0v) is 16.1. The van der Waals surface area contributed by atoms with E-state index in [0.717, 1.165) is 32.8 Å². The molecular weight excluding hydrogens is 398 g/mol. The van der Waals surface area contributed by atoms with E-state index >= 15 is 0 Å². The Hall–Kier alpha value is -1.79. The van der Waals surface area contributed by atoms with Gasteiger partial charge >= 0.3 is 0 Å². The Balaban J connectivity index is 1.85. The number of benzene rings is 1.